The van der Waals surface area contributed by atoms with Crippen LogP contribution in [-0.2, 0) is 6.54 Å². The smallest absolute Gasteiger partial charge is 0.119 e. The summed E-state index contributed by atoms with van der Waals surface area (Å²) in [5.41, 5.74) is 1.18. The van der Waals surface area contributed by atoms with Crippen LogP contribution in [0.4, 0.5) is 0 Å². The molecule has 0 bridgehead atoms. The van der Waals surface area contributed by atoms with Crippen molar-refractivity contribution in [1.29, 1.82) is 0 Å². The molecule has 0 amide bonds. The third-order valence-electron chi connectivity index (χ3n) is 2.30. The molecular weight excluding hydrogens is 186 g/mol. The van der Waals surface area contributed by atoms with Crippen molar-refractivity contribution in [3.8, 4) is 18.1 Å². The standard InChI is InChI=1S/C13H17NO/c1-4-12(5-2)14-10-11-7-6-8-13(9-11)15-3/h1,6-9,12,14H,5,10H2,2-3H3. The second-order valence-electron chi connectivity index (χ2n) is 3.36. The summed E-state index contributed by atoms with van der Waals surface area (Å²) >= 11 is 0. The monoisotopic (exact) mass is 203 g/mol. The van der Waals surface area contributed by atoms with Gasteiger partial charge in [0.15, 0.2) is 0 Å². The van der Waals surface area contributed by atoms with Crippen LogP contribution in [0.3, 0.4) is 0 Å². The maximum absolute atomic E-state index is 5.37. The molecular formula is C13H17NO. The van der Waals surface area contributed by atoms with Crippen molar-refractivity contribution in [2.75, 3.05) is 7.11 Å². The molecule has 1 aromatic rings. The van der Waals surface area contributed by atoms with Gasteiger partial charge in [-0.3, -0.25) is 5.32 Å². The van der Waals surface area contributed by atoms with Gasteiger partial charge in [-0.1, -0.05) is 25.0 Å². The summed E-state index contributed by atoms with van der Waals surface area (Å²) in [6.45, 7) is 2.85. The summed E-state index contributed by atoms with van der Waals surface area (Å²) in [5.74, 6) is 3.59. The molecule has 0 fully saturated rings. The SMILES string of the molecule is C#CC(CC)NCc1cccc(OC)c1. The zero-order valence-corrected chi connectivity index (χ0v) is 9.29. The summed E-state index contributed by atoms with van der Waals surface area (Å²) in [6, 6.07) is 8.13. The molecule has 0 saturated heterocycles. The predicted molar refractivity (Wildman–Crippen MR) is 62.7 cm³/mol. The van der Waals surface area contributed by atoms with Gasteiger partial charge in [-0.2, -0.15) is 0 Å². The lowest BCUT2D eigenvalue weighted by Gasteiger charge is -2.11. The van der Waals surface area contributed by atoms with Crippen LogP contribution in [0.15, 0.2) is 24.3 Å². The van der Waals surface area contributed by atoms with Gasteiger partial charge in [0, 0.05) is 6.54 Å². The van der Waals surface area contributed by atoms with Gasteiger partial charge >= 0.3 is 0 Å². The van der Waals surface area contributed by atoms with Gasteiger partial charge < -0.3 is 4.74 Å². The fourth-order valence-corrected chi connectivity index (χ4v) is 1.34. The molecule has 1 atom stereocenters. The average Bonchev–Trinajstić information content (AvgIpc) is 2.31. The normalized spacial score (nSPS) is 11.8. The Bertz CT molecular complexity index is 341. The van der Waals surface area contributed by atoms with E-state index in [0.717, 1.165) is 18.7 Å². The van der Waals surface area contributed by atoms with E-state index >= 15 is 0 Å². The average molecular weight is 203 g/mol. The second-order valence-corrected chi connectivity index (χ2v) is 3.36. The van der Waals surface area contributed by atoms with Crippen molar-refractivity contribution < 1.29 is 4.74 Å². The topological polar surface area (TPSA) is 21.3 Å². The van der Waals surface area contributed by atoms with E-state index in [2.05, 4.69) is 24.2 Å². The Hall–Kier alpha value is -1.46. The number of methoxy groups -OCH3 is 1. The molecule has 15 heavy (non-hydrogen) atoms. The minimum atomic E-state index is 0.149. The molecule has 80 valence electrons. The number of rotatable bonds is 5. The highest BCUT2D eigenvalue weighted by Crippen LogP contribution is 2.12. The maximum Gasteiger partial charge on any atom is 0.119 e. The van der Waals surface area contributed by atoms with Gasteiger partial charge in [0.25, 0.3) is 0 Å². The summed E-state index contributed by atoms with van der Waals surface area (Å²) in [5, 5.41) is 3.30. The molecule has 0 spiro atoms. The van der Waals surface area contributed by atoms with Crippen molar-refractivity contribution in [3.63, 3.8) is 0 Å². The highest BCUT2D eigenvalue weighted by molar-refractivity contribution is 5.28. The Labute approximate surface area is 91.6 Å². The maximum atomic E-state index is 5.37. The predicted octanol–water partition coefficient (Wildman–Crippen LogP) is 2.20. The Kier molecular flexibility index (Phi) is 4.73. The molecule has 0 aliphatic heterocycles. The number of nitrogens with one attached hydrogen (secondary N) is 1. The van der Waals surface area contributed by atoms with E-state index < -0.39 is 0 Å². The number of terminal acetylenes is 1. The summed E-state index contributed by atoms with van der Waals surface area (Å²) < 4.78 is 5.15. The van der Waals surface area contributed by atoms with Crippen LogP contribution in [0.2, 0.25) is 0 Å². The number of ether oxygens (including phenoxy) is 1. The summed E-state index contributed by atoms with van der Waals surface area (Å²) in [4.78, 5) is 0. The van der Waals surface area contributed by atoms with Gasteiger partial charge in [-0.25, -0.2) is 0 Å². The van der Waals surface area contributed by atoms with Crippen LogP contribution in [0, 0.1) is 12.3 Å². The van der Waals surface area contributed by atoms with E-state index in [9.17, 15) is 0 Å². The zero-order valence-electron chi connectivity index (χ0n) is 9.29. The van der Waals surface area contributed by atoms with Gasteiger partial charge in [0.1, 0.15) is 5.75 Å². The fraction of sp³-hybridized carbons (Fsp3) is 0.385. The van der Waals surface area contributed by atoms with Crippen LogP contribution in [0.5, 0.6) is 5.75 Å². The molecule has 1 unspecified atom stereocenters. The van der Waals surface area contributed by atoms with E-state index in [4.69, 9.17) is 11.2 Å². The summed E-state index contributed by atoms with van der Waals surface area (Å²) in [6.07, 6.45) is 6.31. The van der Waals surface area contributed by atoms with Gasteiger partial charge in [-0.05, 0) is 24.1 Å². The van der Waals surface area contributed by atoms with E-state index in [1.807, 2.05) is 18.2 Å². The van der Waals surface area contributed by atoms with Gasteiger partial charge in [0.05, 0.1) is 13.2 Å². The number of benzene rings is 1. The third kappa shape index (κ3) is 3.65. The Balaban J connectivity index is 2.54. The first-order chi connectivity index (χ1) is 7.30. The molecule has 0 saturated carbocycles. The van der Waals surface area contributed by atoms with Crippen molar-refractivity contribution in [3.05, 3.63) is 29.8 Å². The second kappa shape index (κ2) is 6.10. The van der Waals surface area contributed by atoms with E-state index in [-0.39, 0.29) is 6.04 Å². The fourth-order valence-electron chi connectivity index (χ4n) is 1.34. The lowest BCUT2D eigenvalue weighted by Crippen LogP contribution is -2.26. The van der Waals surface area contributed by atoms with Crippen LogP contribution < -0.4 is 10.1 Å². The van der Waals surface area contributed by atoms with E-state index in [0.29, 0.717) is 0 Å². The van der Waals surface area contributed by atoms with E-state index in [1.54, 1.807) is 7.11 Å². The first-order valence-electron chi connectivity index (χ1n) is 5.12. The minimum absolute atomic E-state index is 0.149. The Morgan fingerprint density at radius 2 is 2.33 bits per heavy atom. The number of hydrogen-bond donors (Lipinski definition) is 1. The third-order valence-corrected chi connectivity index (χ3v) is 2.30. The van der Waals surface area contributed by atoms with Crippen LogP contribution in [-0.4, -0.2) is 13.2 Å². The summed E-state index contributed by atoms with van der Waals surface area (Å²) in [7, 11) is 1.67. The molecule has 0 aliphatic rings. The van der Waals surface area contributed by atoms with Crippen molar-refractivity contribution >= 4 is 0 Å². The molecule has 0 heterocycles. The highest BCUT2D eigenvalue weighted by atomic mass is 16.5. The zero-order chi connectivity index (χ0) is 11.1. The molecule has 2 nitrogen and oxygen atoms in total. The van der Waals surface area contributed by atoms with E-state index in [1.165, 1.54) is 5.56 Å². The molecule has 1 rings (SSSR count). The Morgan fingerprint density at radius 3 is 2.93 bits per heavy atom. The lowest BCUT2D eigenvalue weighted by atomic mass is 10.2. The van der Waals surface area contributed by atoms with Crippen molar-refractivity contribution in [2.24, 2.45) is 0 Å². The largest absolute Gasteiger partial charge is 0.497 e. The van der Waals surface area contributed by atoms with Gasteiger partial charge in [-0.15, -0.1) is 6.42 Å². The van der Waals surface area contributed by atoms with Crippen LogP contribution >= 0.6 is 0 Å². The highest BCUT2D eigenvalue weighted by Gasteiger charge is 2.01. The van der Waals surface area contributed by atoms with Gasteiger partial charge in [0.2, 0.25) is 0 Å². The first-order valence-corrected chi connectivity index (χ1v) is 5.12. The van der Waals surface area contributed by atoms with Crippen LogP contribution in [0.1, 0.15) is 18.9 Å². The minimum Gasteiger partial charge on any atom is -0.497 e. The number of hydrogen-bond acceptors (Lipinski definition) is 2. The molecule has 2 heteroatoms. The van der Waals surface area contributed by atoms with Crippen molar-refractivity contribution in [1.82, 2.24) is 5.32 Å². The molecule has 1 N–H and O–H groups in total. The molecule has 1 aromatic carbocycles. The van der Waals surface area contributed by atoms with Crippen molar-refractivity contribution in [2.45, 2.75) is 25.9 Å². The molecule has 0 aromatic heterocycles. The van der Waals surface area contributed by atoms with Crippen LogP contribution in [0.25, 0.3) is 0 Å². The lowest BCUT2D eigenvalue weighted by molar-refractivity contribution is 0.414. The molecule has 0 radical (unpaired) electrons. The Morgan fingerprint density at radius 1 is 1.53 bits per heavy atom. The first kappa shape index (κ1) is 11.6. The quantitative estimate of drug-likeness (QED) is 0.741. The molecule has 0 aliphatic carbocycles.